The number of nitrogens with two attached hydrogens (primary N) is 1. The summed E-state index contributed by atoms with van der Waals surface area (Å²) in [6.07, 6.45) is 5.63. The minimum absolute atomic E-state index is 0.291. The lowest BCUT2D eigenvalue weighted by Crippen LogP contribution is -2.21. The van der Waals surface area contributed by atoms with Crippen LogP contribution in [0.1, 0.15) is 35.5 Å². The van der Waals surface area contributed by atoms with Gasteiger partial charge in [-0.3, -0.25) is 4.98 Å². The fourth-order valence-corrected chi connectivity index (χ4v) is 2.66. The third-order valence-electron chi connectivity index (χ3n) is 2.97. The Kier molecular flexibility index (Phi) is 4.87. The smallest absolute Gasteiger partial charge is 0.109 e. The van der Waals surface area contributed by atoms with Gasteiger partial charge in [-0.15, -0.1) is 11.3 Å². The first-order valence-corrected chi connectivity index (χ1v) is 7.39. The number of thiazole rings is 1. The lowest BCUT2D eigenvalue weighted by atomic mass is 10.2. The van der Waals surface area contributed by atoms with Gasteiger partial charge < -0.3 is 11.1 Å². The third kappa shape index (κ3) is 4.01. The van der Waals surface area contributed by atoms with Crippen LogP contribution in [-0.2, 0) is 12.8 Å². The molecule has 0 fully saturated rings. The molecule has 3 N–H and O–H groups in total. The van der Waals surface area contributed by atoms with E-state index < -0.39 is 0 Å². The van der Waals surface area contributed by atoms with Crippen LogP contribution in [0.3, 0.4) is 0 Å². The molecule has 0 aliphatic carbocycles. The number of hydrogen-bond donors (Lipinski definition) is 2. The van der Waals surface area contributed by atoms with Gasteiger partial charge in [-0.2, -0.15) is 0 Å². The van der Waals surface area contributed by atoms with Gasteiger partial charge in [0.2, 0.25) is 0 Å². The zero-order valence-electron chi connectivity index (χ0n) is 11.4. The quantitative estimate of drug-likeness (QED) is 0.851. The molecule has 5 heteroatoms. The maximum Gasteiger partial charge on any atom is 0.109 e. The highest BCUT2D eigenvalue weighted by Crippen LogP contribution is 2.20. The molecule has 4 nitrogen and oxygen atoms in total. The molecule has 0 bridgehead atoms. The zero-order valence-corrected chi connectivity index (χ0v) is 12.2. The highest BCUT2D eigenvalue weighted by atomic mass is 32.1. The topological polar surface area (TPSA) is 63.8 Å². The van der Waals surface area contributed by atoms with Crippen molar-refractivity contribution < 1.29 is 0 Å². The molecule has 0 radical (unpaired) electrons. The van der Waals surface area contributed by atoms with Crippen LogP contribution in [-0.4, -0.2) is 16.5 Å². The van der Waals surface area contributed by atoms with Crippen LogP contribution in [0.25, 0.3) is 0 Å². The summed E-state index contributed by atoms with van der Waals surface area (Å²) in [5, 5.41) is 4.63. The van der Waals surface area contributed by atoms with Crippen molar-refractivity contribution >= 4 is 17.0 Å². The first kappa shape index (κ1) is 14.0. The number of rotatable bonds is 6. The van der Waals surface area contributed by atoms with Crippen molar-refractivity contribution in [1.82, 2.24) is 15.3 Å². The van der Waals surface area contributed by atoms with E-state index in [9.17, 15) is 0 Å². The van der Waals surface area contributed by atoms with Crippen LogP contribution < -0.4 is 11.1 Å². The van der Waals surface area contributed by atoms with Gasteiger partial charge in [-0.25, -0.2) is 4.98 Å². The monoisotopic (exact) mass is 276 g/mol. The van der Waals surface area contributed by atoms with Crippen molar-refractivity contribution in [3.8, 4) is 0 Å². The first-order chi connectivity index (χ1) is 9.19. The number of aromatic nitrogens is 2. The van der Waals surface area contributed by atoms with Gasteiger partial charge in [-0.05, 0) is 25.5 Å². The molecule has 102 valence electrons. The van der Waals surface area contributed by atoms with Crippen molar-refractivity contribution in [2.24, 2.45) is 0 Å². The van der Waals surface area contributed by atoms with Gasteiger partial charge in [0.25, 0.3) is 0 Å². The van der Waals surface area contributed by atoms with E-state index in [1.165, 1.54) is 4.88 Å². The average Bonchev–Trinajstić information content (AvgIpc) is 2.90. The Labute approximate surface area is 118 Å². The molecule has 0 spiro atoms. The van der Waals surface area contributed by atoms with Crippen molar-refractivity contribution in [3.63, 3.8) is 0 Å². The van der Waals surface area contributed by atoms with Gasteiger partial charge in [0.15, 0.2) is 0 Å². The lowest BCUT2D eigenvalue weighted by molar-refractivity contribution is 0.571. The molecular formula is C14H20N4S. The third-order valence-corrected chi connectivity index (χ3v) is 4.29. The fourth-order valence-electron chi connectivity index (χ4n) is 1.77. The van der Waals surface area contributed by atoms with Gasteiger partial charge in [0, 0.05) is 29.7 Å². The molecule has 0 saturated carbocycles. The van der Waals surface area contributed by atoms with Crippen LogP contribution in [0.5, 0.6) is 0 Å². The van der Waals surface area contributed by atoms with E-state index in [1.54, 1.807) is 17.5 Å². The molecule has 1 atom stereocenters. The SMILES string of the molecule is CCc1cnc(C(C)NCCc2ccc(N)cn2)s1. The second kappa shape index (κ2) is 6.63. The number of anilines is 1. The second-order valence-electron chi connectivity index (χ2n) is 4.53. The summed E-state index contributed by atoms with van der Waals surface area (Å²) in [4.78, 5) is 10.1. The Hall–Kier alpha value is -1.46. The zero-order chi connectivity index (χ0) is 13.7. The van der Waals surface area contributed by atoms with E-state index in [-0.39, 0.29) is 0 Å². The average molecular weight is 276 g/mol. The summed E-state index contributed by atoms with van der Waals surface area (Å²) < 4.78 is 0. The number of nitrogens with zero attached hydrogens (tertiary/aromatic N) is 2. The van der Waals surface area contributed by atoms with Crippen LogP contribution >= 0.6 is 11.3 Å². The van der Waals surface area contributed by atoms with Gasteiger partial charge in [0.05, 0.1) is 17.9 Å². The van der Waals surface area contributed by atoms with Crippen molar-refractivity contribution in [2.75, 3.05) is 12.3 Å². The van der Waals surface area contributed by atoms with Crippen molar-refractivity contribution in [2.45, 2.75) is 32.7 Å². The molecule has 0 aliphatic rings. The minimum Gasteiger partial charge on any atom is -0.397 e. The molecule has 0 amide bonds. The number of hydrogen-bond acceptors (Lipinski definition) is 5. The standard InChI is InChI=1S/C14H20N4S/c1-3-13-9-18-14(19-13)10(2)16-7-6-12-5-4-11(15)8-17-12/h4-5,8-10,16H,3,6-7,15H2,1-2H3. The number of nitrogens with one attached hydrogen (secondary N) is 1. The van der Waals surface area contributed by atoms with Crippen LogP contribution in [0.15, 0.2) is 24.5 Å². The molecule has 0 saturated heterocycles. The van der Waals surface area contributed by atoms with Crippen LogP contribution in [0.2, 0.25) is 0 Å². The van der Waals surface area contributed by atoms with Crippen LogP contribution in [0, 0.1) is 0 Å². The Morgan fingerprint density at radius 2 is 2.16 bits per heavy atom. The molecule has 0 aromatic carbocycles. The maximum atomic E-state index is 5.61. The molecule has 2 rings (SSSR count). The Bertz CT molecular complexity index is 506. The largest absolute Gasteiger partial charge is 0.397 e. The molecule has 2 aromatic heterocycles. The first-order valence-electron chi connectivity index (χ1n) is 6.57. The van der Waals surface area contributed by atoms with Gasteiger partial charge in [-0.1, -0.05) is 6.92 Å². The maximum absolute atomic E-state index is 5.61. The molecule has 2 aromatic rings. The Morgan fingerprint density at radius 3 is 2.79 bits per heavy atom. The summed E-state index contributed by atoms with van der Waals surface area (Å²) in [7, 11) is 0. The number of pyridine rings is 1. The summed E-state index contributed by atoms with van der Waals surface area (Å²) in [6.45, 7) is 5.19. The summed E-state index contributed by atoms with van der Waals surface area (Å²) in [5.41, 5.74) is 7.38. The summed E-state index contributed by atoms with van der Waals surface area (Å²) >= 11 is 1.78. The predicted molar refractivity (Wildman–Crippen MR) is 80.3 cm³/mol. The summed E-state index contributed by atoms with van der Waals surface area (Å²) in [6, 6.07) is 4.15. The summed E-state index contributed by atoms with van der Waals surface area (Å²) in [5.74, 6) is 0. The number of aryl methyl sites for hydroxylation is 1. The normalized spacial score (nSPS) is 12.5. The van der Waals surface area contributed by atoms with E-state index >= 15 is 0 Å². The van der Waals surface area contributed by atoms with E-state index in [2.05, 4.69) is 29.1 Å². The number of nitrogen functional groups attached to an aromatic ring is 1. The molecule has 2 heterocycles. The van der Waals surface area contributed by atoms with Gasteiger partial charge in [0.1, 0.15) is 5.01 Å². The highest BCUT2D eigenvalue weighted by molar-refractivity contribution is 7.11. The highest BCUT2D eigenvalue weighted by Gasteiger charge is 2.09. The Balaban J connectivity index is 1.80. The van der Waals surface area contributed by atoms with Crippen LogP contribution in [0.4, 0.5) is 5.69 Å². The van der Waals surface area contributed by atoms with E-state index in [0.29, 0.717) is 11.7 Å². The molecule has 1 unspecified atom stereocenters. The second-order valence-corrected chi connectivity index (χ2v) is 5.67. The lowest BCUT2D eigenvalue weighted by Gasteiger charge is -2.10. The van der Waals surface area contributed by atoms with Gasteiger partial charge >= 0.3 is 0 Å². The molecule has 0 aliphatic heterocycles. The Morgan fingerprint density at radius 1 is 1.32 bits per heavy atom. The fraction of sp³-hybridized carbons (Fsp3) is 0.429. The molecular weight excluding hydrogens is 256 g/mol. The van der Waals surface area contributed by atoms with E-state index in [0.717, 1.165) is 30.1 Å². The minimum atomic E-state index is 0.291. The van der Waals surface area contributed by atoms with E-state index in [1.807, 2.05) is 18.3 Å². The predicted octanol–water partition coefficient (Wildman–Crippen LogP) is 2.58. The van der Waals surface area contributed by atoms with Crippen molar-refractivity contribution in [3.05, 3.63) is 40.1 Å². The molecule has 19 heavy (non-hydrogen) atoms. The van der Waals surface area contributed by atoms with Crippen molar-refractivity contribution in [1.29, 1.82) is 0 Å². The van der Waals surface area contributed by atoms with E-state index in [4.69, 9.17) is 5.73 Å².